The summed E-state index contributed by atoms with van der Waals surface area (Å²) in [5.74, 6) is -0.0868. The Hall–Kier alpha value is -0.950. The summed E-state index contributed by atoms with van der Waals surface area (Å²) in [6.45, 7) is 5.21. The second kappa shape index (κ2) is 8.27. The molecule has 19 heavy (non-hydrogen) atoms. The predicted molar refractivity (Wildman–Crippen MR) is 74.2 cm³/mol. The maximum absolute atomic E-state index is 11.6. The number of thioether (sulfide) groups is 1. The molecule has 0 heterocycles. The van der Waals surface area contributed by atoms with E-state index in [-0.39, 0.29) is 0 Å². The van der Waals surface area contributed by atoms with Gasteiger partial charge in [-0.3, -0.25) is 0 Å². The van der Waals surface area contributed by atoms with Crippen LogP contribution >= 0.6 is 11.8 Å². The van der Waals surface area contributed by atoms with Crippen molar-refractivity contribution in [2.75, 3.05) is 19.1 Å². The van der Waals surface area contributed by atoms with E-state index in [1.807, 2.05) is 6.26 Å². The van der Waals surface area contributed by atoms with E-state index in [1.165, 1.54) is 7.11 Å². The van der Waals surface area contributed by atoms with Gasteiger partial charge in [-0.15, -0.1) is 0 Å². The first-order valence-corrected chi connectivity index (χ1v) is 7.35. The summed E-state index contributed by atoms with van der Waals surface area (Å²) < 4.78 is 9.56. The van der Waals surface area contributed by atoms with Crippen LogP contribution in [0.25, 0.3) is 0 Å². The van der Waals surface area contributed by atoms with Crippen molar-refractivity contribution in [1.29, 1.82) is 0 Å². The van der Waals surface area contributed by atoms with Gasteiger partial charge in [-0.25, -0.2) is 9.59 Å². The van der Waals surface area contributed by atoms with E-state index in [0.717, 1.165) is 0 Å². The van der Waals surface area contributed by atoms with Crippen LogP contribution in [0.5, 0.6) is 0 Å². The highest BCUT2D eigenvalue weighted by atomic mass is 32.2. The van der Waals surface area contributed by atoms with Gasteiger partial charge in [-0.2, -0.15) is 11.8 Å². The molecule has 6 nitrogen and oxygen atoms in total. The van der Waals surface area contributed by atoms with Gasteiger partial charge in [0.25, 0.3) is 0 Å². The highest BCUT2D eigenvalue weighted by molar-refractivity contribution is 7.98. The first kappa shape index (κ1) is 18.0. The van der Waals surface area contributed by atoms with E-state index in [4.69, 9.17) is 4.74 Å². The fourth-order valence-corrected chi connectivity index (χ4v) is 1.79. The zero-order valence-corrected chi connectivity index (χ0v) is 12.9. The van der Waals surface area contributed by atoms with E-state index >= 15 is 0 Å². The Morgan fingerprint density at radius 2 is 1.95 bits per heavy atom. The molecule has 112 valence electrons. The SMILES string of the molecule is COC(=O)C(O)[C@@H](CCSC)NC(=O)OC(C)(C)C. The van der Waals surface area contributed by atoms with Gasteiger partial charge in [0, 0.05) is 0 Å². The third-order valence-corrected chi connectivity index (χ3v) is 2.80. The Labute approximate surface area is 118 Å². The predicted octanol–water partition coefficient (Wildman–Crippen LogP) is 1.17. The lowest BCUT2D eigenvalue weighted by atomic mass is 10.1. The van der Waals surface area contributed by atoms with Crippen molar-refractivity contribution >= 4 is 23.8 Å². The summed E-state index contributed by atoms with van der Waals surface area (Å²) >= 11 is 1.55. The van der Waals surface area contributed by atoms with Crippen LogP contribution in [0.4, 0.5) is 4.79 Å². The van der Waals surface area contributed by atoms with Crippen LogP contribution in [0, 0.1) is 0 Å². The second-order valence-electron chi connectivity index (χ2n) is 5.00. The topological polar surface area (TPSA) is 84.9 Å². The molecular formula is C12H23NO5S. The Balaban J connectivity index is 4.58. The number of hydrogen-bond donors (Lipinski definition) is 2. The highest BCUT2D eigenvalue weighted by Crippen LogP contribution is 2.10. The number of amides is 1. The van der Waals surface area contributed by atoms with Crippen LogP contribution in [0.15, 0.2) is 0 Å². The van der Waals surface area contributed by atoms with Gasteiger partial charge < -0.3 is 19.9 Å². The smallest absolute Gasteiger partial charge is 0.407 e. The molecule has 0 aromatic rings. The minimum atomic E-state index is -1.40. The fourth-order valence-electron chi connectivity index (χ4n) is 1.30. The fraction of sp³-hybridized carbons (Fsp3) is 0.833. The van der Waals surface area contributed by atoms with Crippen LogP contribution in [-0.2, 0) is 14.3 Å². The molecule has 0 saturated carbocycles. The summed E-state index contributed by atoms with van der Waals surface area (Å²) in [5, 5.41) is 12.3. The molecule has 0 saturated heterocycles. The maximum atomic E-state index is 11.6. The summed E-state index contributed by atoms with van der Waals surface area (Å²) in [6.07, 6.45) is 0.275. The summed E-state index contributed by atoms with van der Waals surface area (Å²) in [5.41, 5.74) is -0.635. The molecule has 0 fully saturated rings. The number of nitrogens with one attached hydrogen (secondary N) is 1. The number of alkyl carbamates (subject to hydrolysis) is 1. The molecule has 1 unspecified atom stereocenters. The van der Waals surface area contributed by atoms with Crippen molar-refractivity contribution < 1.29 is 24.2 Å². The maximum Gasteiger partial charge on any atom is 0.407 e. The number of ether oxygens (including phenoxy) is 2. The second-order valence-corrected chi connectivity index (χ2v) is 5.99. The molecule has 0 rings (SSSR count). The average Bonchev–Trinajstić information content (AvgIpc) is 2.30. The van der Waals surface area contributed by atoms with E-state index in [0.29, 0.717) is 12.2 Å². The Bertz CT molecular complexity index is 303. The number of rotatable bonds is 6. The van der Waals surface area contributed by atoms with Crippen molar-refractivity contribution in [3.8, 4) is 0 Å². The molecule has 0 aliphatic carbocycles. The summed E-state index contributed by atoms with van der Waals surface area (Å²) in [7, 11) is 1.19. The van der Waals surface area contributed by atoms with Crippen LogP contribution in [0.2, 0.25) is 0 Å². The first-order valence-electron chi connectivity index (χ1n) is 5.95. The average molecular weight is 293 g/mol. The minimum absolute atomic E-state index is 0.441. The summed E-state index contributed by atoms with van der Waals surface area (Å²) in [4.78, 5) is 23.0. The van der Waals surface area contributed by atoms with Gasteiger partial charge in [0.2, 0.25) is 0 Å². The number of carbonyl (C=O) groups is 2. The Morgan fingerprint density at radius 1 is 1.37 bits per heavy atom. The number of esters is 1. The minimum Gasteiger partial charge on any atom is -0.467 e. The Kier molecular flexibility index (Phi) is 7.85. The van der Waals surface area contributed by atoms with E-state index < -0.39 is 29.8 Å². The zero-order valence-electron chi connectivity index (χ0n) is 12.1. The molecule has 0 aliphatic heterocycles. The van der Waals surface area contributed by atoms with Crippen LogP contribution in [-0.4, -0.2) is 54.0 Å². The number of carbonyl (C=O) groups excluding carboxylic acids is 2. The van der Waals surface area contributed by atoms with Gasteiger partial charge in [-0.1, -0.05) is 0 Å². The van der Waals surface area contributed by atoms with Gasteiger partial charge >= 0.3 is 12.1 Å². The third-order valence-electron chi connectivity index (χ3n) is 2.16. The van der Waals surface area contributed by atoms with Gasteiger partial charge in [0.1, 0.15) is 5.60 Å². The number of aliphatic hydroxyl groups excluding tert-OH is 1. The molecule has 1 amide bonds. The number of aliphatic hydroxyl groups is 1. The lowest BCUT2D eigenvalue weighted by molar-refractivity contribution is -0.151. The molecule has 0 aromatic carbocycles. The Morgan fingerprint density at radius 3 is 2.37 bits per heavy atom. The lowest BCUT2D eigenvalue weighted by Gasteiger charge is -2.25. The molecule has 0 radical (unpaired) electrons. The number of hydrogen-bond acceptors (Lipinski definition) is 6. The normalized spacial score (nSPS) is 14.4. The summed E-state index contributed by atoms with van der Waals surface area (Å²) in [6, 6.07) is -0.727. The van der Waals surface area contributed by atoms with Crippen molar-refractivity contribution in [2.24, 2.45) is 0 Å². The van der Waals surface area contributed by atoms with Gasteiger partial charge in [0.05, 0.1) is 13.2 Å². The molecule has 2 atom stereocenters. The van der Waals surface area contributed by atoms with Gasteiger partial charge in [0.15, 0.2) is 6.10 Å². The molecule has 0 aromatic heterocycles. The molecule has 2 N–H and O–H groups in total. The van der Waals surface area contributed by atoms with Gasteiger partial charge in [-0.05, 0) is 39.2 Å². The first-order chi connectivity index (χ1) is 8.71. The van der Waals surface area contributed by atoms with E-state index in [1.54, 1.807) is 32.5 Å². The van der Waals surface area contributed by atoms with Crippen molar-refractivity contribution in [3.05, 3.63) is 0 Å². The monoisotopic (exact) mass is 293 g/mol. The standard InChI is InChI=1S/C12H23NO5S/c1-12(2,3)18-11(16)13-8(6-7-19-5)9(14)10(15)17-4/h8-9,14H,6-7H2,1-5H3,(H,13,16)/t8-,9?/m1/s1. The quantitative estimate of drug-likeness (QED) is 0.715. The molecule has 0 spiro atoms. The molecule has 7 heteroatoms. The number of methoxy groups -OCH3 is 1. The largest absolute Gasteiger partial charge is 0.467 e. The highest BCUT2D eigenvalue weighted by Gasteiger charge is 2.29. The van der Waals surface area contributed by atoms with E-state index in [9.17, 15) is 14.7 Å². The molecule has 0 aliphatic rings. The molecular weight excluding hydrogens is 270 g/mol. The van der Waals surface area contributed by atoms with Crippen molar-refractivity contribution in [1.82, 2.24) is 5.32 Å². The van der Waals surface area contributed by atoms with Crippen LogP contribution in [0.1, 0.15) is 27.2 Å². The third kappa shape index (κ3) is 7.94. The van der Waals surface area contributed by atoms with Crippen molar-refractivity contribution in [3.63, 3.8) is 0 Å². The van der Waals surface area contributed by atoms with Crippen molar-refractivity contribution in [2.45, 2.75) is 44.9 Å². The molecule has 0 bridgehead atoms. The van der Waals surface area contributed by atoms with E-state index in [2.05, 4.69) is 10.1 Å². The van der Waals surface area contributed by atoms with Crippen LogP contribution in [0.3, 0.4) is 0 Å². The lowest BCUT2D eigenvalue weighted by Crippen LogP contribution is -2.49. The van der Waals surface area contributed by atoms with Crippen LogP contribution < -0.4 is 5.32 Å². The zero-order chi connectivity index (χ0) is 15.1.